The van der Waals surface area contributed by atoms with E-state index in [2.05, 4.69) is 181 Å². The molecule has 8 aromatic rings. The van der Waals surface area contributed by atoms with Gasteiger partial charge in [0.05, 0.1) is 37.4 Å². The first-order valence-corrected chi connectivity index (χ1v) is 40.2. The van der Waals surface area contributed by atoms with Gasteiger partial charge in [-0.1, -0.05) is 67.5 Å². The maximum absolute atomic E-state index is 15.8. The van der Waals surface area contributed by atoms with Crippen LogP contribution in [-0.4, -0.2) is 178 Å². The molecule has 0 radical (unpaired) electrons. The fourth-order valence-corrected chi connectivity index (χ4v) is 18.5. The molecule has 6 aromatic carbocycles. The lowest BCUT2D eigenvalue weighted by atomic mass is 9.78. The summed E-state index contributed by atoms with van der Waals surface area (Å²) in [6, 6.07) is 38.7. The molecule has 6 aliphatic heterocycles. The first kappa shape index (κ1) is 83.3. The van der Waals surface area contributed by atoms with Gasteiger partial charge in [0.2, 0.25) is 0 Å². The molecular weight excluding hydrogens is 1500 g/mol. The fraction of sp³-hybridized carbons (Fsp3) is 0.512. The largest absolute Gasteiger partial charge is 0.488 e. The van der Waals surface area contributed by atoms with Gasteiger partial charge in [-0.25, -0.2) is 46.5 Å². The molecule has 29 heteroatoms. The zero-order chi connectivity index (χ0) is 80.4. The molecular formula is C86H109ClF4N16O8. The minimum absolute atomic E-state index is 0. The van der Waals surface area contributed by atoms with Crippen LogP contribution in [-0.2, 0) is 43.2 Å². The lowest BCUT2D eigenvalue weighted by Crippen LogP contribution is -2.56. The number of hydrogen-bond donors (Lipinski definition) is 0. The second kappa shape index (κ2) is 35.1. The zero-order valence-corrected chi connectivity index (χ0v) is 68.7. The van der Waals surface area contributed by atoms with Crippen LogP contribution in [0.15, 0.2) is 169 Å². The molecule has 0 N–H and O–H groups in total. The molecule has 6 atom stereocenters. The van der Waals surface area contributed by atoms with Crippen molar-refractivity contribution in [3.05, 3.63) is 193 Å². The van der Waals surface area contributed by atoms with Crippen LogP contribution in [0.2, 0.25) is 0 Å². The number of halogens is 5. The highest BCUT2D eigenvalue weighted by Gasteiger charge is 2.62. The van der Waals surface area contributed by atoms with Crippen molar-refractivity contribution in [1.82, 2.24) is 39.3 Å². The highest BCUT2D eigenvalue weighted by molar-refractivity contribution is 5.98. The first-order chi connectivity index (χ1) is 54.7. The molecule has 6 saturated heterocycles. The Hall–Kier alpha value is -9.61. The van der Waals surface area contributed by atoms with Crippen LogP contribution in [0.5, 0.6) is 11.5 Å². The van der Waals surface area contributed by atoms with Crippen molar-refractivity contribution in [1.29, 1.82) is 0 Å². The maximum atomic E-state index is 15.8. The number of amides is 4. The highest BCUT2D eigenvalue weighted by atomic mass is 35.5. The monoisotopic (exact) mass is 1600 g/mol. The van der Waals surface area contributed by atoms with Crippen LogP contribution in [0.3, 0.4) is 0 Å². The minimum Gasteiger partial charge on any atom is -0.488 e. The summed E-state index contributed by atoms with van der Waals surface area (Å²) in [7, 11) is 0. The number of piperazine rings is 2. The van der Waals surface area contributed by atoms with Crippen molar-refractivity contribution in [2.24, 2.45) is 33.9 Å². The van der Waals surface area contributed by atoms with Gasteiger partial charge < -0.3 is 57.8 Å². The number of azo groups is 1. The molecule has 2 unspecified atom stereocenters. The number of aromatic nitrogens is 6. The Balaban J connectivity index is 0.0000115. The molecule has 4 amide bonds. The first-order valence-electron chi connectivity index (χ1n) is 40.2. The number of hydrogen-bond acceptors (Lipinski definition) is 18. The van der Waals surface area contributed by atoms with Gasteiger partial charge in [0.1, 0.15) is 84.5 Å². The number of anilines is 6. The Morgan fingerprint density at radius 2 is 0.739 bits per heavy atom. The van der Waals surface area contributed by atoms with Gasteiger partial charge in [0.25, 0.3) is 0 Å². The number of nitrogens with zero attached hydrogens (tertiary/aromatic N) is 16. The average molecular weight is 1610 g/mol. The van der Waals surface area contributed by atoms with Crippen molar-refractivity contribution in [3.63, 3.8) is 0 Å². The van der Waals surface area contributed by atoms with E-state index in [4.69, 9.17) is 38.6 Å². The molecule has 2 aromatic heterocycles. The molecule has 14 rings (SSSR count). The lowest BCUT2D eigenvalue weighted by Gasteiger charge is -2.45. The topological polar surface area (TPSA) is 202 Å². The van der Waals surface area contributed by atoms with Gasteiger partial charge in [-0.3, -0.25) is 9.80 Å². The Bertz CT molecular complexity index is 4270. The second-order valence-electron chi connectivity index (χ2n) is 33.5. The van der Waals surface area contributed by atoms with E-state index in [0.29, 0.717) is 37.2 Å². The molecule has 0 spiro atoms. The number of ether oxygens (including phenoxy) is 6. The molecule has 6 fully saturated rings. The van der Waals surface area contributed by atoms with Gasteiger partial charge >= 0.3 is 12.1 Å². The van der Waals surface area contributed by atoms with Crippen LogP contribution < -0.4 is 38.9 Å². The van der Waals surface area contributed by atoms with Crippen molar-refractivity contribution in [2.75, 3.05) is 108 Å². The SMILES string of the molecule is CC(C)CC1(CC(C)C)C(/N=N/C2N(c3ccc(N4CCN(c5ccc(OC[C@H]6OC[C@](Cn7cncn7)(c7ccc(F)cc7F)O6)cc5)CC4)cc3)C(=O)N(C(C)C)C2(CC(C)C)CC(C)C)N(c2ccc(N3CCN(c4ccc(OC[C@H]5OC[C@](Cn6cncn6)(c6ccc(F)cc6F)O5)cc4)CC3)cc2)C(=O)N1C(C)C.Cl. The molecule has 0 saturated carbocycles. The summed E-state index contributed by atoms with van der Waals surface area (Å²) in [5, 5.41) is 19.7. The van der Waals surface area contributed by atoms with Crippen LogP contribution in [0.4, 0.5) is 61.3 Å². The number of urea groups is 2. The van der Waals surface area contributed by atoms with E-state index < -0.39 is 70.5 Å². The van der Waals surface area contributed by atoms with E-state index in [-0.39, 0.29) is 111 Å². The third-order valence-electron chi connectivity index (χ3n) is 22.7. The summed E-state index contributed by atoms with van der Waals surface area (Å²) in [4.78, 5) is 57.1. The number of benzene rings is 6. The molecule has 8 heterocycles. The quantitative estimate of drug-likeness (QED) is 0.0304. The number of rotatable bonds is 30. The van der Waals surface area contributed by atoms with Crippen molar-refractivity contribution >= 4 is 58.6 Å². The molecule has 616 valence electrons. The Kier molecular flexibility index (Phi) is 25.4. The Morgan fingerprint density at radius 1 is 0.435 bits per heavy atom. The Labute approximate surface area is 678 Å². The standard InChI is InChI=1S/C86H108F4N16O8.ClH/c1-57(2)43-83(44-58(3)4)79(103(81(107)105(83)61(9)10)69-19-15-65(16-20-69)97-33-37-99(38-34-97)67-23-27-71(28-24-67)109-47-77-111-51-85(113-77,49-101-55-91-53-93-101)73-31-13-63(87)41-75(73)89)95-96-80-84(45-59(5)6,46-60(7)8)106(62(11)12)82(108)104(80)70-21-17-66(18-22-70)98-35-39-100(40-36-98)68-25-29-72(30-26-68)110-48-78-112-52-86(114-78,50-102-56-92-54-94-102)74-32-14-64(88)42-76(74)90;/h13-32,41-42,53-62,77-80H,33-40,43-52H2,1-12H3;1H/b96-95+;/t77-,78-,79?,80?,85+,86+;/m0./s1. The van der Waals surface area contributed by atoms with E-state index >= 15 is 18.4 Å². The normalized spacial score (nSPS) is 22.5. The van der Waals surface area contributed by atoms with Gasteiger partial charge in [-0.2, -0.15) is 20.4 Å². The zero-order valence-electron chi connectivity index (χ0n) is 67.9. The predicted octanol–water partition coefficient (Wildman–Crippen LogP) is 16.0. The second-order valence-corrected chi connectivity index (χ2v) is 33.5. The summed E-state index contributed by atoms with van der Waals surface area (Å²) in [5.41, 5.74) is 1.78. The molecule has 0 aliphatic carbocycles. The minimum atomic E-state index is -1.29. The van der Waals surface area contributed by atoms with Gasteiger partial charge in [-0.15, -0.1) is 12.4 Å². The predicted molar refractivity (Wildman–Crippen MR) is 436 cm³/mol. The van der Waals surface area contributed by atoms with Crippen LogP contribution in [0, 0.1) is 46.9 Å². The molecule has 0 bridgehead atoms. The third-order valence-corrected chi connectivity index (χ3v) is 22.7. The van der Waals surface area contributed by atoms with Crippen molar-refractivity contribution < 1.29 is 55.6 Å². The summed E-state index contributed by atoms with van der Waals surface area (Å²) >= 11 is 0. The Morgan fingerprint density at radius 3 is 1.02 bits per heavy atom. The van der Waals surface area contributed by atoms with E-state index in [0.717, 1.165) is 98.6 Å². The van der Waals surface area contributed by atoms with Crippen LogP contribution in [0.25, 0.3) is 0 Å². The maximum Gasteiger partial charge on any atom is 0.327 e. The van der Waals surface area contributed by atoms with Crippen LogP contribution >= 0.6 is 12.4 Å². The molecule has 24 nitrogen and oxygen atoms in total. The lowest BCUT2D eigenvalue weighted by molar-refractivity contribution is -0.117. The van der Waals surface area contributed by atoms with E-state index in [1.54, 1.807) is 0 Å². The number of carbonyl (C=O) groups is 2. The highest BCUT2D eigenvalue weighted by Crippen LogP contribution is 2.51. The average Bonchev–Trinajstić information content (AvgIpc) is 1.52. The molecule has 6 aliphatic rings. The van der Waals surface area contributed by atoms with Crippen molar-refractivity contribution in [2.45, 2.75) is 181 Å². The smallest absolute Gasteiger partial charge is 0.327 e. The summed E-state index contributed by atoms with van der Waals surface area (Å²) in [6.45, 7) is 32.4. The van der Waals surface area contributed by atoms with Gasteiger partial charge in [0.15, 0.2) is 24.9 Å². The molecule has 115 heavy (non-hydrogen) atoms. The van der Waals surface area contributed by atoms with E-state index in [1.165, 1.54) is 58.9 Å². The fourth-order valence-electron chi connectivity index (χ4n) is 18.5. The summed E-state index contributed by atoms with van der Waals surface area (Å²) in [6.07, 6.45) is 5.28. The van der Waals surface area contributed by atoms with Gasteiger partial charge in [0, 0.05) is 122 Å². The summed E-state index contributed by atoms with van der Waals surface area (Å²) in [5.74, 6) is -0.924. The number of carbonyl (C=O) groups excluding carboxylic acids is 2. The van der Waals surface area contributed by atoms with Crippen LogP contribution in [0.1, 0.15) is 120 Å². The van der Waals surface area contributed by atoms with E-state index in [9.17, 15) is 8.78 Å². The summed E-state index contributed by atoms with van der Waals surface area (Å²) < 4.78 is 98.8. The van der Waals surface area contributed by atoms with Gasteiger partial charge in [-0.05, 0) is 186 Å². The third kappa shape index (κ3) is 17.6. The van der Waals surface area contributed by atoms with Crippen molar-refractivity contribution in [3.8, 4) is 11.5 Å². The van der Waals surface area contributed by atoms with E-state index in [1.807, 2.05) is 58.3 Å².